The lowest BCUT2D eigenvalue weighted by atomic mass is 9.91. The number of fused-ring (bicyclic) bond motifs is 1. The van der Waals surface area contributed by atoms with Crippen LogP contribution in [0.2, 0.25) is 0 Å². The van der Waals surface area contributed by atoms with E-state index in [-0.39, 0.29) is 24.5 Å². The van der Waals surface area contributed by atoms with Crippen LogP contribution in [0.4, 0.5) is 0 Å². The van der Waals surface area contributed by atoms with Crippen molar-refractivity contribution in [3.8, 4) is 0 Å². The van der Waals surface area contributed by atoms with E-state index in [1.807, 2.05) is 64.2 Å². The first-order chi connectivity index (χ1) is 15.2. The molecular formula is C26H31N3O3. The zero-order valence-electron chi connectivity index (χ0n) is 19.3. The lowest BCUT2D eigenvalue weighted by molar-refractivity contribution is -0.156. The fourth-order valence-electron chi connectivity index (χ4n) is 4.06. The zero-order valence-corrected chi connectivity index (χ0v) is 19.3. The highest BCUT2D eigenvalue weighted by atomic mass is 16.6. The number of aryl methyl sites for hydroxylation is 1. The van der Waals surface area contributed by atoms with Gasteiger partial charge < -0.3 is 14.2 Å². The highest BCUT2D eigenvalue weighted by Crippen LogP contribution is 2.27. The summed E-state index contributed by atoms with van der Waals surface area (Å²) in [5.41, 5.74) is 2.94. The molecule has 6 heteroatoms. The number of amides is 1. The minimum atomic E-state index is -0.576. The van der Waals surface area contributed by atoms with Crippen molar-refractivity contribution in [2.75, 3.05) is 6.54 Å². The van der Waals surface area contributed by atoms with Crippen molar-refractivity contribution in [2.45, 2.75) is 58.1 Å². The van der Waals surface area contributed by atoms with Gasteiger partial charge in [0.15, 0.2) is 0 Å². The number of carbonyl (C=O) groups is 2. The van der Waals surface area contributed by atoms with Crippen LogP contribution in [0.25, 0.3) is 11.0 Å². The first-order valence-corrected chi connectivity index (χ1v) is 11.2. The molecule has 0 aliphatic heterocycles. The van der Waals surface area contributed by atoms with Crippen molar-refractivity contribution >= 4 is 22.9 Å². The minimum absolute atomic E-state index is 0.0275. The van der Waals surface area contributed by atoms with E-state index in [9.17, 15) is 9.59 Å². The lowest BCUT2D eigenvalue weighted by Gasteiger charge is -2.37. The number of hydrogen-bond acceptors (Lipinski definition) is 4. The molecule has 0 atom stereocenters. The van der Waals surface area contributed by atoms with Crippen molar-refractivity contribution in [1.29, 1.82) is 0 Å². The van der Waals surface area contributed by atoms with E-state index < -0.39 is 5.60 Å². The monoisotopic (exact) mass is 433 g/mol. The number of imidazole rings is 1. The van der Waals surface area contributed by atoms with Crippen LogP contribution in [0.5, 0.6) is 0 Å². The smallest absolute Gasteiger partial charge is 0.326 e. The summed E-state index contributed by atoms with van der Waals surface area (Å²) < 4.78 is 7.54. The molecule has 3 aromatic rings. The molecule has 0 radical (unpaired) electrons. The fraction of sp³-hybridized carbons (Fsp3) is 0.423. The van der Waals surface area contributed by atoms with Crippen LogP contribution >= 0.6 is 0 Å². The molecule has 0 N–H and O–H groups in total. The van der Waals surface area contributed by atoms with E-state index in [1.54, 1.807) is 4.90 Å². The van der Waals surface area contributed by atoms with Gasteiger partial charge in [0.1, 0.15) is 18.0 Å². The Labute approximate surface area is 189 Å². The van der Waals surface area contributed by atoms with Gasteiger partial charge in [0.25, 0.3) is 5.91 Å². The van der Waals surface area contributed by atoms with E-state index in [4.69, 9.17) is 9.72 Å². The Balaban J connectivity index is 1.58. The normalized spacial score (nSPS) is 14.2. The summed E-state index contributed by atoms with van der Waals surface area (Å²) in [5.74, 6) is 0.430. The number of aromatic nitrogens is 2. The van der Waals surface area contributed by atoms with Crippen LogP contribution in [0.1, 0.15) is 61.8 Å². The van der Waals surface area contributed by atoms with Gasteiger partial charge in [-0.25, -0.2) is 4.98 Å². The molecule has 0 spiro atoms. The maximum atomic E-state index is 13.4. The molecule has 1 aromatic heterocycles. The molecule has 0 saturated heterocycles. The van der Waals surface area contributed by atoms with Crippen molar-refractivity contribution in [2.24, 2.45) is 7.05 Å². The largest absolute Gasteiger partial charge is 0.459 e. The van der Waals surface area contributed by atoms with Gasteiger partial charge in [-0.05, 0) is 63.8 Å². The van der Waals surface area contributed by atoms with Crippen LogP contribution < -0.4 is 0 Å². The van der Waals surface area contributed by atoms with Gasteiger partial charge in [-0.2, -0.15) is 0 Å². The van der Waals surface area contributed by atoms with Crippen LogP contribution in [0.15, 0.2) is 48.5 Å². The molecule has 1 amide bonds. The molecule has 1 heterocycles. The fourth-order valence-corrected chi connectivity index (χ4v) is 4.06. The molecule has 168 valence electrons. The van der Waals surface area contributed by atoms with Crippen molar-refractivity contribution in [3.63, 3.8) is 0 Å². The molecule has 0 unspecified atom stereocenters. The predicted molar refractivity (Wildman–Crippen MR) is 124 cm³/mol. The summed E-state index contributed by atoms with van der Waals surface area (Å²) in [4.78, 5) is 32.3. The highest BCUT2D eigenvalue weighted by molar-refractivity contribution is 5.99. The number of carbonyl (C=O) groups excluding carboxylic acids is 2. The van der Waals surface area contributed by atoms with Gasteiger partial charge in [0.2, 0.25) is 0 Å². The first-order valence-electron chi connectivity index (χ1n) is 11.2. The Kier molecular flexibility index (Phi) is 6.04. The van der Waals surface area contributed by atoms with Crippen molar-refractivity contribution in [1.82, 2.24) is 14.5 Å². The van der Waals surface area contributed by atoms with E-state index in [0.29, 0.717) is 5.56 Å². The number of hydrogen-bond donors (Lipinski definition) is 0. The SMILES string of the molecule is Cn1c(Cc2ccccc2)nc2cc(C(=O)N(CC(=O)OC(C)(C)C)C3CCC3)ccc21. The molecule has 0 bridgehead atoms. The molecule has 2 aromatic carbocycles. The third kappa shape index (κ3) is 4.85. The van der Waals surface area contributed by atoms with Gasteiger partial charge in [0, 0.05) is 25.1 Å². The highest BCUT2D eigenvalue weighted by Gasteiger charge is 2.32. The lowest BCUT2D eigenvalue weighted by Crippen LogP contribution is -2.47. The number of esters is 1. The third-order valence-corrected chi connectivity index (χ3v) is 5.92. The number of benzene rings is 2. The summed E-state index contributed by atoms with van der Waals surface area (Å²) in [6.07, 6.45) is 3.64. The van der Waals surface area contributed by atoms with Gasteiger partial charge in [-0.3, -0.25) is 9.59 Å². The second-order valence-electron chi connectivity index (χ2n) is 9.56. The summed E-state index contributed by atoms with van der Waals surface area (Å²) in [6.45, 7) is 5.48. The van der Waals surface area contributed by atoms with Crippen LogP contribution in [0, 0.1) is 0 Å². The van der Waals surface area contributed by atoms with Gasteiger partial charge >= 0.3 is 5.97 Å². The quantitative estimate of drug-likeness (QED) is 0.537. The second kappa shape index (κ2) is 8.77. The Morgan fingerprint density at radius 1 is 1.12 bits per heavy atom. The average Bonchev–Trinajstić information content (AvgIpc) is 3.00. The molecule has 6 nitrogen and oxygen atoms in total. The summed E-state index contributed by atoms with van der Waals surface area (Å²) in [7, 11) is 2.00. The van der Waals surface area contributed by atoms with Crippen LogP contribution in [0.3, 0.4) is 0 Å². The molecule has 1 fully saturated rings. The summed E-state index contributed by atoms with van der Waals surface area (Å²) >= 11 is 0. The summed E-state index contributed by atoms with van der Waals surface area (Å²) in [6, 6.07) is 15.9. The third-order valence-electron chi connectivity index (χ3n) is 5.92. The van der Waals surface area contributed by atoms with E-state index in [0.717, 1.165) is 42.5 Å². The van der Waals surface area contributed by atoms with Gasteiger partial charge in [-0.15, -0.1) is 0 Å². The molecule has 1 aliphatic carbocycles. The maximum absolute atomic E-state index is 13.4. The van der Waals surface area contributed by atoms with Gasteiger partial charge in [-0.1, -0.05) is 30.3 Å². The van der Waals surface area contributed by atoms with Crippen LogP contribution in [-0.4, -0.2) is 44.5 Å². The molecule has 1 aliphatic rings. The van der Waals surface area contributed by atoms with E-state index >= 15 is 0 Å². The van der Waals surface area contributed by atoms with Crippen molar-refractivity contribution in [3.05, 3.63) is 65.5 Å². The predicted octanol–water partition coefficient (Wildman–Crippen LogP) is 4.50. The number of ether oxygens (including phenoxy) is 1. The van der Waals surface area contributed by atoms with Crippen molar-refractivity contribution < 1.29 is 14.3 Å². The first kappa shape index (κ1) is 22.1. The topological polar surface area (TPSA) is 64.4 Å². The second-order valence-corrected chi connectivity index (χ2v) is 9.56. The molecule has 4 rings (SSSR count). The Bertz CT molecular complexity index is 1120. The Morgan fingerprint density at radius 2 is 1.84 bits per heavy atom. The Morgan fingerprint density at radius 3 is 2.47 bits per heavy atom. The van der Waals surface area contributed by atoms with E-state index in [1.165, 1.54) is 5.56 Å². The molecule has 32 heavy (non-hydrogen) atoms. The Hall–Kier alpha value is -3.15. The van der Waals surface area contributed by atoms with E-state index in [2.05, 4.69) is 16.7 Å². The van der Waals surface area contributed by atoms with Gasteiger partial charge in [0.05, 0.1) is 11.0 Å². The number of rotatable bonds is 6. The maximum Gasteiger partial charge on any atom is 0.326 e. The standard InChI is InChI=1S/C26H31N3O3/c1-26(2,3)32-24(30)17-29(20-11-8-12-20)25(31)19-13-14-22-21(16-19)27-23(28(22)4)15-18-9-6-5-7-10-18/h5-7,9-10,13-14,16,20H,8,11-12,15,17H2,1-4H3. The molecular weight excluding hydrogens is 402 g/mol. The molecule has 1 saturated carbocycles. The average molecular weight is 434 g/mol. The van der Waals surface area contributed by atoms with Crippen LogP contribution in [-0.2, 0) is 23.0 Å². The number of nitrogens with zero attached hydrogens (tertiary/aromatic N) is 3. The minimum Gasteiger partial charge on any atom is -0.459 e. The zero-order chi connectivity index (χ0) is 22.9. The summed E-state index contributed by atoms with van der Waals surface area (Å²) in [5, 5.41) is 0.